The number of hydrogen-bond donors (Lipinski definition) is 0. The molecule has 0 aliphatic heterocycles. The summed E-state index contributed by atoms with van der Waals surface area (Å²) in [4.78, 5) is 0. The molecule has 5 atom stereocenters. The molecule has 0 heteroatoms. The minimum absolute atomic E-state index is 0. The van der Waals surface area contributed by atoms with Crippen LogP contribution in [0.2, 0.25) is 0 Å². The molecule has 0 nitrogen and oxygen atoms in total. The van der Waals surface area contributed by atoms with Crippen LogP contribution in [0.3, 0.4) is 0 Å². The van der Waals surface area contributed by atoms with Crippen LogP contribution in [0.15, 0.2) is 265 Å². The van der Waals surface area contributed by atoms with Gasteiger partial charge in [0.05, 0.1) is 0 Å². The molecule has 542 valence electrons. The second kappa shape index (κ2) is 65.3. The number of benzene rings is 5. The van der Waals surface area contributed by atoms with Crippen molar-refractivity contribution in [1.82, 2.24) is 0 Å². The summed E-state index contributed by atoms with van der Waals surface area (Å²) >= 11 is 0. The van der Waals surface area contributed by atoms with Crippen LogP contribution in [-0.2, 0) is 0 Å². The van der Waals surface area contributed by atoms with Gasteiger partial charge in [-0.05, 0) is 184 Å². The zero-order valence-electron chi connectivity index (χ0n) is 58.2. The van der Waals surface area contributed by atoms with Gasteiger partial charge < -0.3 is 0 Å². The molecule has 0 amide bonds. The molecule has 0 heterocycles. The van der Waals surface area contributed by atoms with E-state index >= 15 is 0 Å². The monoisotopic (exact) mass is 1310 g/mol. The van der Waals surface area contributed by atoms with Gasteiger partial charge in [-0.2, -0.15) is 0 Å². The Hall–Kier alpha value is -7.02. The Bertz CT molecular complexity index is 2930. The third-order valence-electron chi connectivity index (χ3n) is 15.4. The molecule has 96 heavy (non-hydrogen) atoms. The molecular formula is C96H158. The first-order valence-electron chi connectivity index (χ1n) is 32.2. The SMILES string of the molecule is C.C.C.C.C.C.C.C.C.C.CC/C(C)=C(\C)c1ccccc1.CC/C=C(\C)c1ccccc1.CC1=CC(C)C=C1.CC1=CC(C)C=CC1.CC1=CC(C)C=CC1C.CC1=CC=CC1C.CC1C=CC(C)C=C1.Cc1ccc(C)cc1.Cc1cccc(C)c1.Cc1ccccc1C. The van der Waals surface area contributed by atoms with E-state index in [1.807, 2.05) is 6.07 Å². The van der Waals surface area contributed by atoms with E-state index in [0.29, 0.717) is 41.4 Å². The van der Waals surface area contributed by atoms with Crippen LogP contribution in [-0.4, -0.2) is 0 Å². The molecule has 5 unspecified atom stereocenters. The highest BCUT2D eigenvalue weighted by Gasteiger charge is 2.06. The predicted molar refractivity (Wildman–Crippen MR) is 459 cm³/mol. The van der Waals surface area contributed by atoms with Crippen molar-refractivity contribution in [2.45, 2.75) is 246 Å². The van der Waals surface area contributed by atoms with E-state index in [-0.39, 0.29) is 74.3 Å². The molecular weight excluding hydrogens is 1150 g/mol. The Balaban J connectivity index is -0.000000106. The van der Waals surface area contributed by atoms with Crippen molar-refractivity contribution in [3.05, 3.63) is 309 Å². The van der Waals surface area contributed by atoms with Gasteiger partial charge in [-0.1, -0.05) is 423 Å². The van der Waals surface area contributed by atoms with Crippen LogP contribution in [0.4, 0.5) is 0 Å². The van der Waals surface area contributed by atoms with Gasteiger partial charge in [0.15, 0.2) is 0 Å². The Labute approximate surface area is 604 Å². The Morgan fingerprint density at radius 3 is 1.07 bits per heavy atom. The maximum Gasteiger partial charge on any atom is -0.00482 e. The first-order valence-corrected chi connectivity index (χ1v) is 32.2. The predicted octanol–water partition coefficient (Wildman–Crippen LogP) is 32.6. The van der Waals surface area contributed by atoms with Crippen LogP contribution in [0.5, 0.6) is 0 Å². The third kappa shape index (κ3) is 54.1. The summed E-state index contributed by atoms with van der Waals surface area (Å²) in [7, 11) is 0. The van der Waals surface area contributed by atoms with Crippen molar-refractivity contribution < 1.29 is 0 Å². The smallest absolute Gasteiger partial charge is 0.00482 e. The molecule has 0 spiro atoms. The Morgan fingerprint density at radius 1 is 0.385 bits per heavy atom. The Kier molecular flexibility index (Phi) is 75.1. The van der Waals surface area contributed by atoms with E-state index in [1.165, 1.54) is 83.5 Å². The fourth-order valence-corrected chi connectivity index (χ4v) is 8.92. The van der Waals surface area contributed by atoms with Gasteiger partial charge in [0.25, 0.3) is 0 Å². The van der Waals surface area contributed by atoms with Crippen molar-refractivity contribution in [2.24, 2.45) is 41.4 Å². The first kappa shape index (κ1) is 110. The first-order chi connectivity index (χ1) is 40.8. The molecule has 5 aliphatic carbocycles. The van der Waals surface area contributed by atoms with Crippen molar-refractivity contribution in [3.8, 4) is 0 Å². The van der Waals surface area contributed by atoms with Crippen molar-refractivity contribution in [1.29, 1.82) is 0 Å². The van der Waals surface area contributed by atoms with Crippen LogP contribution in [0, 0.1) is 83.0 Å². The summed E-state index contributed by atoms with van der Waals surface area (Å²) in [6, 6.07) is 46.3. The number of hydrogen-bond acceptors (Lipinski definition) is 0. The minimum atomic E-state index is 0. The molecule has 0 saturated carbocycles. The lowest BCUT2D eigenvalue weighted by atomic mass is 9.92. The van der Waals surface area contributed by atoms with Gasteiger partial charge >= 0.3 is 0 Å². The quantitative estimate of drug-likeness (QED) is 0.157. The molecule has 0 bridgehead atoms. The lowest BCUT2D eigenvalue weighted by molar-refractivity contribution is 0.775. The van der Waals surface area contributed by atoms with Gasteiger partial charge in [-0.15, -0.1) is 0 Å². The fourth-order valence-electron chi connectivity index (χ4n) is 8.92. The van der Waals surface area contributed by atoms with E-state index in [2.05, 4.69) is 383 Å². The van der Waals surface area contributed by atoms with Gasteiger partial charge in [0.2, 0.25) is 0 Å². The fraction of sp³-hybridized carbons (Fsp3) is 0.438. The topological polar surface area (TPSA) is 0 Å². The number of rotatable bonds is 4. The Morgan fingerprint density at radius 2 is 0.792 bits per heavy atom. The number of allylic oxidation sites excluding steroid dienone is 24. The summed E-state index contributed by atoms with van der Waals surface area (Å²) in [5.74, 6) is 4.68. The van der Waals surface area contributed by atoms with Gasteiger partial charge in [0.1, 0.15) is 0 Å². The highest BCUT2D eigenvalue weighted by Crippen LogP contribution is 2.22. The highest BCUT2D eigenvalue weighted by atomic mass is 14.1. The molecule has 5 aromatic rings. The van der Waals surface area contributed by atoms with Gasteiger partial charge in [-0.3, -0.25) is 0 Å². The van der Waals surface area contributed by atoms with E-state index in [9.17, 15) is 0 Å². The largest absolute Gasteiger partial charge is 0.0839 e. The second-order valence-corrected chi connectivity index (χ2v) is 24.3. The standard InChI is InChI=1S/C12H16.C11H14.C9H14.C8H12.C8H10.C8H12.2C8H10.2C7H10.10CH4/c1-4-10(2)11(3)12-8-6-5-7-9-12;1-3-7-10(2)11-8-5-4-6-9-11;1-7-4-5-8(2)9(3)6-7;2*1-7-3-5-8(2)6-4-7;2*1-7-4-3-5-8(2)6-7;1-7-5-3-4-6-8(7)2;1-6-3-4-7(2)5-6;1-6-4-3-5-7(6)2;;;;;;;;;;/h5-9H,4H2,1-3H3;4-9H,3H2,1-2H3;4-8H,1-3H3;3-8H,1-2H3;3-6H,1-2H3;3-4,6-7H,5H2,1-2H3;2*3-6H,1-2H3;2*3-6H,1-2H3;10*1H4/b11-10+;10-7+;;;;;;;;;;;;;;;;;;. The molecule has 0 radical (unpaired) electrons. The van der Waals surface area contributed by atoms with Gasteiger partial charge in [0, 0.05) is 0 Å². The van der Waals surface area contributed by atoms with E-state index < -0.39 is 0 Å². The van der Waals surface area contributed by atoms with E-state index in [4.69, 9.17) is 0 Å². The summed E-state index contributed by atoms with van der Waals surface area (Å²) in [5, 5.41) is 0. The van der Waals surface area contributed by atoms with Gasteiger partial charge in [-0.25, -0.2) is 0 Å². The van der Waals surface area contributed by atoms with Crippen LogP contribution < -0.4 is 0 Å². The van der Waals surface area contributed by atoms with Crippen LogP contribution in [0.1, 0.15) is 249 Å². The summed E-state index contributed by atoms with van der Waals surface area (Å²) in [6.07, 6.45) is 41.3. The second-order valence-electron chi connectivity index (χ2n) is 24.3. The number of aryl methyl sites for hydroxylation is 6. The normalized spacial score (nSPS) is 17.9. The van der Waals surface area contributed by atoms with Crippen molar-refractivity contribution in [3.63, 3.8) is 0 Å². The van der Waals surface area contributed by atoms with Crippen molar-refractivity contribution >= 4 is 11.1 Å². The average molecular weight is 1310 g/mol. The molecule has 0 aromatic heterocycles. The molecule has 0 N–H and O–H groups in total. The lowest BCUT2D eigenvalue weighted by Gasteiger charge is -2.14. The average Bonchev–Trinajstić information content (AvgIpc) is 2.19. The lowest BCUT2D eigenvalue weighted by Crippen LogP contribution is -2.00. The molecule has 5 aromatic carbocycles. The summed E-state index contributed by atoms with van der Waals surface area (Å²) in [5.41, 5.74) is 20.9. The van der Waals surface area contributed by atoms with E-state index in [0.717, 1.165) is 19.3 Å². The third-order valence-corrected chi connectivity index (χ3v) is 15.4. The minimum Gasteiger partial charge on any atom is -0.0839 e. The zero-order valence-corrected chi connectivity index (χ0v) is 58.2. The maximum atomic E-state index is 2.32. The maximum absolute atomic E-state index is 2.32. The van der Waals surface area contributed by atoms with E-state index in [1.54, 1.807) is 0 Å². The summed E-state index contributed by atoms with van der Waals surface area (Å²) in [6.45, 7) is 47.6. The zero-order chi connectivity index (χ0) is 64.4. The van der Waals surface area contributed by atoms with Crippen molar-refractivity contribution in [2.75, 3.05) is 0 Å². The molecule has 0 fully saturated rings. The molecule has 10 rings (SSSR count). The summed E-state index contributed by atoms with van der Waals surface area (Å²) < 4.78 is 0. The van der Waals surface area contributed by atoms with Crippen LogP contribution in [0.25, 0.3) is 11.1 Å². The highest BCUT2D eigenvalue weighted by molar-refractivity contribution is 5.66. The van der Waals surface area contributed by atoms with Crippen LogP contribution >= 0.6 is 0 Å². The molecule has 5 aliphatic rings. The molecule has 0 saturated heterocycles.